The molecule has 1 aromatic heterocycles. The highest BCUT2D eigenvalue weighted by Crippen LogP contribution is 2.24. The van der Waals surface area contributed by atoms with Gasteiger partial charge in [-0.25, -0.2) is 8.42 Å². The van der Waals surface area contributed by atoms with Gasteiger partial charge in [0.1, 0.15) is 10.9 Å². The van der Waals surface area contributed by atoms with Crippen molar-refractivity contribution in [1.82, 2.24) is 14.5 Å². The lowest BCUT2D eigenvalue weighted by molar-refractivity contribution is 0.297. The number of nitrogens with zero attached hydrogens (tertiary/aromatic N) is 3. The van der Waals surface area contributed by atoms with E-state index in [1.165, 1.54) is 16.7 Å². The molecule has 0 bridgehead atoms. The molecule has 1 aliphatic heterocycles. The topological polar surface area (TPSA) is 89.8 Å². The number of hydrogen-bond donors (Lipinski definition) is 1. The highest BCUT2D eigenvalue weighted by molar-refractivity contribution is 7.89. The molecule has 0 aliphatic carbocycles. The number of H-pyrrole nitrogens is 1. The second-order valence-corrected chi connectivity index (χ2v) is 5.58. The summed E-state index contributed by atoms with van der Waals surface area (Å²) in [5.74, 6) is 0. The Morgan fingerprint density at radius 1 is 1.56 bits per heavy atom. The molecule has 1 fully saturated rings. The quantitative estimate of drug-likeness (QED) is 0.814. The monoisotopic (exact) mass is 240 g/mol. The zero-order valence-corrected chi connectivity index (χ0v) is 9.44. The molecular formula is C9H12N4O2S. The van der Waals surface area contributed by atoms with Gasteiger partial charge in [-0.2, -0.15) is 14.7 Å². The molecule has 6 nitrogen and oxygen atoms in total. The molecule has 2 heterocycles. The highest BCUT2D eigenvalue weighted by Gasteiger charge is 2.33. The Morgan fingerprint density at radius 2 is 2.38 bits per heavy atom. The molecule has 0 radical (unpaired) electrons. The van der Waals surface area contributed by atoms with Gasteiger partial charge in [-0.15, -0.1) is 0 Å². The average Bonchev–Trinajstić information content (AvgIpc) is 2.83. The third kappa shape index (κ3) is 1.81. The smallest absolute Gasteiger partial charge is 0.247 e. The number of rotatable bonds is 2. The summed E-state index contributed by atoms with van der Waals surface area (Å²) in [6.45, 7) is 0.408. The van der Waals surface area contributed by atoms with Crippen LogP contribution < -0.4 is 0 Å². The number of aromatic nitrogens is 2. The van der Waals surface area contributed by atoms with Crippen LogP contribution >= 0.6 is 0 Å². The Hall–Kier alpha value is -1.39. The van der Waals surface area contributed by atoms with E-state index in [4.69, 9.17) is 5.26 Å². The van der Waals surface area contributed by atoms with Gasteiger partial charge < -0.3 is 0 Å². The maximum Gasteiger partial charge on any atom is 0.247 e. The molecule has 0 amide bonds. The zero-order valence-electron chi connectivity index (χ0n) is 8.63. The molecule has 1 aromatic rings. The predicted octanol–water partition coefficient (Wildman–Crippen LogP) is 0.476. The van der Waals surface area contributed by atoms with E-state index in [1.54, 1.807) is 0 Å². The largest absolute Gasteiger partial charge is 0.284 e. The van der Waals surface area contributed by atoms with Gasteiger partial charge in [-0.3, -0.25) is 5.10 Å². The van der Waals surface area contributed by atoms with Crippen molar-refractivity contribution in [2.75, 3.05) is 6.54 Å². The van der Waals surface area contributed by atoms with Crippen LogP contribution in [0.3, 0.4) is 0 Å². The summed E-state index contributed by atoms with van der Waals surface area (Å²) < 4.78 is 25.5. The summed E-state index contributed by atoms with van der Waals surface area (Å²) in [5, 5.41) is 15.0. The minimum absolute atomic E-state index is 0.120. The first kappa shape index (κ1) is 11.1. The fraction of sp³-hybridized carbons (Fsp3) is 0.556. The van der Waals surface area contributed by atoms with Gasteiger partial charge in [0.2, 0.25) is 10.0 Å². The first-order valence-corrected chi connectivity index (χ1v) is 6.50. The number of nitrogens with one attached hydrogen (secondary N) is 1. The van der Waals surface area contributed by atoms with Crippen LogP contribution in [-0.2, 0) is 10.0 Å². The maximum atomic E-state index is 12.1. The standard InChI is InChI=1S/C9H12N4O2S/c10-5-8-3-1-2-4-13(8)16(14,15)9-6-11-12-7-9/h6-8H,1-4H2,(H,11,12). The first-order valence-electron chi connectivity index (χ1n) is 5.06. The van der Waals surface area contributed by atoms with Crippen molar-refractivity contribution >= 4 is 10.0 Å². The van der Waals surface area contributed by atoms with Crippen molar-refractivity contribution in [2.24, 2.45) is 0 Å². The van der Waals surface area contributed by atoms with Crippen molar-refractivity contribution in [3.63, 3.8) is 0 Å². The van der Waals surface area contributed by atoms with Crippen molar-refractivity contribution in [1.29, 1.82) is 5.26 Å². The van der Waals surface area contributed by atoms with E-state index in [1.807, 2.05) is 6.07 Å². The number of hydrogen-bond acceptors (Lipinski definition) is 4. The van der Waals surface area contributed by atoms with E-state index in [-0.39, 0.29) is 4.90 Å². The van der Waals surface area contributed by atoms with Crippen LogP contribution in [0.25, 0.3) is 0 Å². The van der Waals surface area contributed by atoms with Gasteiger partial charge >= 0.3 is 0 Å². The van der Waals surface area contributed by atoms with E-state index >= 15 is 0 Å². The van der Waals surface area contributed by atoms with Gasteiger partial charge in [-0.1, -0.05) is 0 Å². The Kier molecular flexibility index (Phi) is 2.94. The SMILES string of the molecule is N#CC1CCCCN1S(=O)(=O)c1cn[nH]c1. The summed E-state index contributed by atoms with van der Waals surface area (Å²) >= 11 is 0. The van der Waals surface area contributed by atoms with Crippen LogP contribution in [0.15, 0.2) is 17.3 Å². The van der Waals surface area contributed by atoms with E-state index in [9.17, 15) is 8.42 Å². The van der Waals surface area contributed by atoms with Crippen LogP contribution in [0.1, 0.15) is 19.3 Å². The zero-order chi connectivity index (χ0) is 11.6. The van der Waals surface area contributed by atoms with Gasteiger partial charge in [0.05, 0.1) is 12.3 Å². The summed E-state index contributed by atoms with van der Waals surface area (Å²) in [6, 6.07) is 1.49. The van der Waals surface area contributed by atoms with Crippen LogP contribution in [-0.4, -0.2) is 35.5 Å². The van der Waals surface area contributed by atoms with Crippen molar-refractivity contribution < 1.29 is 8.42 Å². The number of aromatic amines is 1. The molecule has 1 N–H and O–H groups in total. The van der Waals surface area contributed by atoms with Gasteiger partial charge in [0.15, 0.2) is 0 Å². The van der Waals surface area contributed by atoms with Gasteiger partial charge in [-0.05, 0) is 19.3 Å². The lowest BCUT2D eigenvalue weighted by atomic mass is 10.1. The number of piperidine rings is 1. The van der Waals surface area contributed by atoms with E-state index < -0.39 is 16.1 Å². The summed E-state index contributed by atoms with van der Waals surface area (Å²) in [7, 11) is -3.56. The van der Waals surface area contributed by atoms with Gasteiger partial charge in [0.25, 0.3) is 0 Å². The molecule has 7 heteroatoms. The normalized spacial score (nSPS) is 22.8. The van der Waals surface area contributed by atoms with E-state index in [2.05, 4.69) is 10.2 Å². The molecule has 2 rings (SSSR count). The summed E-state index contributed by atoms with van der Waals surface area (Å²) in [5.41, 5.74) is 0. The lowest BCUT2D eigenvalue weighted by Gasteiger charge is -2.29. The molecule has 1 saturated heterocycles. The molecule has 16 heavy (non-hydrogen) atoms. The molecule has 0 spiro atoms. The lowest BCUT2D eigenvalue weighted by Crippen LogP contribution is -2.42. The molecule has 1 unspecified atom stereocenters. The fourth-order valence-electron chi connectivity index (χ4n) is 1.84. The maximum absolute atomic E-state index is 12.1. The van der Waals surface area contributed by atoms with Crippen LogP contribution in [0.2, 0.25) is 0 Å². The van der Waals surface area contributed by atoms with E-state index in [0.29, 0.717) is 13.0 Å². The first-order chi connectivity index (χ1) is 7.66. The highest BCUT2D eigenvalue weighted by atomic mass is 32.2. The fourth-order valence-corrected chi connectivity index (χ4v) is 3.35. The van der Waals surface area contributed by atoms with Crippen LogP contribution in [0.4, 0.5) is 0 Å². The summed E-state index contributed by atoms with van der Waals surface area (Å²) in [6.07, 6.45) is 4.90. The predicted molar refractivity (Wildman–Crippen MR) is 55.7 cm³/mol. The summed E-state index contributed by atoms with van der Waals surface area (Å²) in [4.78, 5) is 0.120. The minimum Gasteiger partial charge on any atom is -0.284 e. The Morgan fingerprint density at radius 3 is 3.00 bits per heavy atom. The van der Waals surface area contributed by atoms with Crippen LogP contribution in [0, 0.1) is 11.3 Å². The Balaban J connectivity index is 2.33. The molecule has 86 valence electrons. The van der Waals surface area contributed by atoms with Crippen molar-refractivity contribution in [2.45, 2.75) is 30.2 Å². The molecule has 0 saturated carbocycles. The van der Waals surface area contributed by atoms with Gasteiger partial charge in [0, 0.05) is 12.7 Å². The Bertz CT molecular complexity index is 488. The third-order valence-corrected chi connectivity index (χ3v) is 4.56. The third-order valence-electron chi connectivity index (χ3n) is 2.68. The molecule has 1 atom stereocenters. The number of sulfonamides is 1. The van der Waals surface area contributed by atoms with Crippen molar-refractivity contribution in [3.05, 3.63) is 12.4 Å². The second kappa shape index (κ2) is 4.23. The minimum atomic E-state index is -3.56. The second-order valence-electron chi connectivity index (χ2n) is 3.69. The molecule has 0 aromatic carbocycles. The van der Waals surface area contributed by atoms with Crippen molar-refractivity contribution in [3.8, 4) is 6.07 Å². The molecular weight excluding hydrogens is 228 g/mol. The van der Waals surface area contributed by atoms with E-state index in [0.717, 1.165) is 12.8 Å². The number of nitriles is 1. The average molecular weight is 240 g/mol. The van der Waals surface area contributed by atoms with Crippen LogP contribution in [0.5, 0.6) is 0 Å². The Labute approximate surface area is 93.9 Å². The molecule has 1 aliphatic rings.